The molecule has 2 fully saturated rings. The summed E-state index contributed by atoms with van der Waals surface area (Å²) in [6.07, 6.45) is 1.17. The van der Waals surface area contributed by atoms with E-state index in [0.717, 1.165) is 18.4 Å². The molecule has 6 atom stereocenters. The zero-order chi connectivity index (χ0) is 16.6. The van der Waals surface area contributed by atoms with Gasteiger partial charge in [-0.15, -0.1) is 0 Å². The number of aliphatic hydroxyl groups is 1. The second-order valence-corrected chi connectivity index (χ2v) is 7.53. The van der Waals surface area contributed by atoms with E-state index in [1.165, 1.54) is 0 Å². The van der Waals surface area contributed by atoms with E-state index < -0.39 is 6.10 Å². The number of halogens is 1. The van der Waals surface area contributed by atoms with Crippen molar-refractivity contribution < 1.29 is 14.6 Å². The first-order valence-corrected chi connectivity index (χ1v) is 9.29. The van der Waals surface area contributed by atoms with Crippen molar-refractivity contribution in [3.05, 3.63) is 35.9 Å². The van der Waals surface area contributed by atoms with Crippen LogP contribution in [-0.2, 0) is 9.53 Å². The van der Waals surface area contributed by atoms with Crippen LogP contribution < -0.4 is 0 Å². The van der Waals surface area contributed by atoms with E-state index >= 15 is 0 Å². The summed E-state index contributed by atoms with van der Waals surface area (Å²) < 4.78 is 5.35. The van der Waals surface area contributed by atoms with Crippen molar-refractivity contribution in [1.82, 2.24) is 4.90 Å². The standard InChI is InChI=1S/C18H24BrNO3/c1-3-23-18(22)16-13-9-10-14(21)17(15(13)19)20(16)11(2)12-7-5-4-6-8-12/h4-8,11,13-17,21H,3,9-10H2,1-2H3/t11-,13-,14-,15+,16+,17+/m1/s1. The first-order chi connectivity index (χ1) is 11.1. The molecule has 4 nitrogen and oxygen atoms in total. The van der Waals surface area contributed by atoms with Gasteiger partial charge >= 0.3 is 5.97 Å². The number of carbonyl (C=O) groups excluding carboxylic acids is 1. The number of nitrogens with zero attached hydrogens (tertiary/aromatic N) is 1. The lowest BCUT2D eigenvalue weighted by Gasteiger charge is -2.37. The number of hydrogen-bond donors (Lipinski definition) is 1. The molecule has 2 bridgehead atoms. The van der Waals surface area contributed by atoms with Crippen LogP contribution in [0.5, 0.6) is 0 Å². The van der Waals surface area contributed by atoms with E-state index in [-0.39, 0.29) is 34.8 Å². The summed E-state index contributed by atoms with van der Waals surface area (Å²) >= 11 is 3.75. The number of hydrogen-bond acceptors (Lipinski definition) is 4. The quantitative estimate of drug-likeness (QED) is 0.643. The third-order valence-corrected chi connectivity index (χ3v) is 6.47. The van der Waals surface area contributed by atoms with E-state index in [1.54, 1.807) is 0 Å². The Hall–Kier alpha value is -0.910. The minimum Gasteiger partial charge on any atom is -0.465 e. The Morgan fingerprint density at radius 2 is 2.09 bits per heavy atom. The first-order valence-electron chi connectivity index (χ1n) is 8.37. The van der Waals surface area contributed by atoms with E-state index in [2.05, 4.69) is 39.9 Å². The third kappa shape index (κ3) is 2.94. The van der Waals surface area contributed by atoms with Crippen LogP contribution in [0.4, 0.5) is 0 Å². The molecule has 1 saturated carbocycles. The second kappa shape index (κ2) is 6.91. The summed E-state index contributed by atoms with van der Waals surface area (Å²) in [5.74, 6) is 0.0231. The summed E-state index contributed by atoms with van der Waals surface area (Å²) in [4.78, 5) is 14.9. The number of rotatable bonds is 4. The minimum absolute atomic E-state index is 0.0495. The van der Waals surface area contributed by atoms with Crippen LogP contribution in [0.25, 0.3) is 0 Å². The Morgan fingerprint density at radius 3 is 2.74 bits per heavy atom. The Bertz CT molecular complexity index is 552. The average Bonchev–Trinajstić information content (AvgIpc) is 2.75. The van der Waals surface area contributed by atoms with Gasteiger partial charge in [-0.1, -0.05) is 46.3 Å². The molecule has 1 N–H and O–H groups in total. The zero-order valence-electron chi connectivity index (χ0n) is 13.6. The van der Waals surface area contributed by atoms with E-state index in [1.807, 2.05) is 25.1 Å². The highest BCUT2D eigenvalue weighted by Crippen LogP contribution is 2.48. The molecule has 0 unspecified atom stereocenters. The molecule has 126 valence electrons. The summed E-state index contributed by atoms with van der Waals surface area (Å²) in [6.45, 7) is 4.33. The molecule has 0 amide bonds. The van der Waals surface area contributed by atoms with Crippen LogP contribution in [0.3, 0.4) is 0 Å². The van der Waals surface area contributed by atoms with Gasteiger partial charge < -0.3 is 9.84 Å². The molecule has 23 heavy (non-hydrogen) atoms. The molecular weight excluding hydrogens is 358 g/mol. The van der Waals surface area contributed by atoms with Gasteiger partial charge in [-0.3, -0.25) is 9.69 Å². The van der Waals surface area contributed by atoms with Gasteiger partial charge in [0.2, 0.25) is 0 Å². The number of carbonyl (C=O) groups is 1. The van der Waals surface area contributed by atoms with Crippen molar-refractivity contribution >= 4 is 21.9 Å². The van der Waals surface area contributed by atoms with Gasteiger partial charge in [0.1, 0.15) is 6.04 Å². The van der Waals surface area contributed by atoms with Crippen LogP contribution in [0.15, 0.2) is 30.3 Å². The summed E-state index contributed by atoms with van der Waals surface area (Å²) in [6, 6.07) is 9.85. The van der Waals surface area contributed by atoms with Crippen LogP contribution in [0, 0.1) is 5.92 Å². The molecule has 1 saturated heterocycles. The Labute approximate surface area is 145 Å². The smallest absolute Gasteiger partial charge is 0.323 e. The normalized spacial score (nSPS) is 35.0. The fourth-order valence-electron chi connectivity index (χ4n) is 4.19. The van der Waals surface area contributed by atoms with Crippen molar-refractivity contribution in [1.29, 1.82) is 0 Å². The van der Waals surface area contributed by atoms with Gasteiger partial charge in [-0.25, -0.2) is 0 Å². The fourth-order valence-corrected chi connectivity index (χ4v) is 5.37. The van der Waals surface area contributed by atoms with E-state index in [0.29, 0.717) is 6.61 Å². The van der Waals surface area contributed by atoms with Crippen LogP contribution in [-0.4, -0.2) is 45.6 Å². The molecule has 1 aliphatic carbocycles. The lowest BCUT2D eigenvalue weighted by Crippen LogP contribution is -2.48. The van der Waals surface area contributed by atoms with Crippen molar-refractivity contribution in [2.24, 2.45) is 5.92 Å². The third-order valence-electron chi connectivity index (χ3n) is 5.25. The van der Waals surface area contributed by atoms with Gasteiger partial charge in [0.05, 0.1) is 12.7 Å². The highest BCUT2D eigenvalue weighted by atomic mass is 79.9. The lowest BCUT2D eigenvalue weighted by molar-refractivity contribution is -0.151. The number of alkyl halides is 1. The topological polar surface area (TPSA) is 49.8 Å². The molecule has 3 rings (SSSR count). The zero-order valence-corrected chi connectivity index (χ0v) is 15.1. The van der Waals surface area contributed by atoms with Gasteiger partial charge in [0, 0.05) is 16.9 Å². The van der Waals surface area contributed by atoms with Crippen LogP contribution in [0.2, 0.25) is 0 Å². The minimum atomic E-state index is -0.416. The molecule has 0 spiro atoms. The molecule has 5 heteroatoms. The maximum Gasteiger partial charge on any atom is 0.323 e. The van der Waals surface area contributed by atoms with E-state index in [4.69, 9.17) is 4.74 Å². The molecule has 0 aromatic heterocycles. The monoisotopic (exact) mass is 381 g/mol. The average molecular weight is 382 g/mol. The molecule has 2 aliphatic rings. The SMILES string of the molecule is CCOC(=O)[C@@H]1[C@@H]2CC[C@@H](O)[C@@H]([C@H]2Br)N1[C@H](C)c1ccccc1. The Morgan fingerprint density at radius 1 is 1.39 bits per heavy atom. The molecular formula is C18H24BrNO3. The van der Waals surface area contributed by atoms with E-state index in [9.17, 15) is 9.90 Å². The molecule has 1 aromatic rings. The van der Waals surface area contributed by atoms with Crippen LogP contribution >= 0.6 is 15.9 Å². The lowest BCUT2D eigenvalue weighted by atomic mass is 9.85. The van der Waals surface area contributed by atoms with Crippen molar-refractivity contribution in [3.8, 4) is 0 Å². The second-order valence-electron chi connectivity index (χ2n) is 6.47. The summed E-state index contributed by atoms with van der Waals surface area (Å²) in [7, 11) is 0. The summed E-state index contributed by atoms with van der Waals surface area (Å²) in [5, 5.41) is 10.5. The Kier molecular flexibility index (Phi) is 5.09. The molecule has 1 aliphatic heterocycles. The van der Waals surface area contributed by atoms with Gasteiger partial charge in [-0.05, 0) is 38.2 Å². The maximum absolute atomic E-state index is 12.6. The number of aliphatic hydroxyl groups excluding tert-OH is 1. The highest BCUT2D eigenvalue weighted by molar-refractivity contribution is 9.09. The van der Waals surface area contributed by atoms with Gasteiger partial charge in [-0.2, -0.15) is 0 Å². The number of ether oxygens (including phenoxy) is 1. The predicted molar refractivity (Wildman–Crippen MR) is 92.4 cm³/mol. The number of likely N-dealkylation sites (tertiary alicyclic amines) is 1. The van der Waals surface area contributed by atoms with Gasteiger partial charge in [0.15, 0.2) is 0 Å². The molecule has 1 heterocycles. The number of fused-ring (bicyclic) bond motifs is 2. The number of benzene rings is 1. The largest absolute Gasteiger partial charge is 0.465 e. The predicted octanol–water partition coefficient (Wildman–Crippen LogP) is 2.90. The van der Waals surface area contributed by atoms with Crippen molar-refractivity contribution in [2.75, 3.05) is 6.61 Å². The van der Waals surface area contributed by atoms with Crippen molar-refractivity contribution in [3.63, 3.8) is 0 Å². The van der Waals surface area contributed by atoms with Crippen molar-refractivity contribution in [2.45, 2.75) is 55.7 Å². The number of esters is 1. The molecule has 1 aromatic carbocycles. The Balaban J connectivity index is 1.97. The fraction of sp³-hybridized carbons (Fsp3) is 0.611. The molecule has 0 radical (unpaired) electrons. The highest BCUT2D eigenvalue weighted by Gasteiger charge is 2.57. The summed E-state index contributed by atoms with van der Waals surface area (Å²) in [5.41, 5.74) is 1.15. The van der Waals surface area contributed by atoms with Gasteiger partial charge in [0.25, 0.3) is 0 Å². The first kappa shape index (κ1) is 16.9. The maximum atomic E-state index is 12.6. The van der Waals surface area contributed by atoms with Crippen LogP contribution in [0.1, 0.15) is 38.3 Å².